The second-order valence-corrected chi connectivity index (χ2v) is 8.54. The molecule has 2 saturated heterocycles. The van der Waals surface area contributed by atoms with Crippen LogP contribution in [0.2, 0.25) is 0 Å². The lowest BCUT2D eigenvalue weighted by molar-refractivity contribution is -0.116. The van der Waals surface area contributed by atoms with Gasteiger partial charge in [0.15, 0.2) is 0 Å². The molecule has 3 amide bonds. The van der Waals surface area contributed by atoms with Crippen LogP contribution in [-0.2, 0) is 4.79 Å². The summed E-state index contributed by atoms with van der Waals surface area (Å²) in [6.07, 6.45) is 1.18. The van der Waals surface area contributed by atoms with Crippen LogP contribution in [0.25, 0.3) is 0 Å². The molecule has 2 heterocycles. The molecule has 30 heavy (non-hydrogen) atoms. The Hall–Kier alpha value is -2.81. The van der Waals surface area contributed by atoms with Gasteiger partial charge in [-0.25, -0.2) is 13.6 Å². The number of urea groups is 1. The third-order valence-electron chi connectivity index (χ3n) is 5.46. The Balaban J connectivity index is 1.45. The van der Waals surface area contributed by atoms with Gasteiger partial charge in [0.2, 0.25) is 5.91 Å². The van der Waals surface area contributed by atoms with Crippen molar-refractivity contribution in [1.29, 1.82) is 0 Å². The summed E-state index contributed by atoms with van der Waals surface area (Å²) < 4.78 is 32.1. The molecule has 0 radical (unpaired) electrons. The summed E-state index contributed by atoms with van der Waals surface area (Å²) in [5.41, 5.74) is 0.740. The number of ether oxygens (including phenoxy) is 1. The molecular formula is C21H21F2N3O3S. The zero-order valence-electron chi connectivity index (χ0n) is 16.4. The van der Waals surface area contributed by atoms with Crippen molar-refractivity contribution >= 4 is 35.1 Å². The second kappa shape index (κ2) is 8.14. The number of thioether (sulfide) groups is 1. The van der Waals surface area contributed by atoms with Gasteiger partial charge in [0, 0.05) is 24.8 Å². The van der Waals surface area contributed by atoms with Gasteiger partial charge in [-0.15, -0.1) is 11.8 Å². The first kappa shape index (κ1) is 20.5. The van der Waals surface area contributed by atoms with E-state index in [0.29, 0.717) is 37.4 Å². The van der Waals surface area contributed by atoms with Gasteiger partial charge < -0.3 is 15.0 Å². The Kier molecular flexibility index (Phi) is 5.55. The number of nitrogens with zero attached hydrogens (tertiary/aromatic N) is 2. The number of piperidine rings is 1. The molecule has 0 bridgehead atoms. The van der Waals surface area contributed by atoms with Crippen LogP contribution >= 0.6 is 11.8 Å². The van der Waals surface area contributed by atoms with Gasteiger partial charge in [0.25, 0.3) is 0 Å². The maximum atomic E-state index is 13.8. The Morgan fingerprint density at radius 1 is 1.13 bits per heavy atom. The van der Waals surface area contributed by atoms with Crippen LogP contribution in [0.5, 0.6) is 5.75 Å². The van der Waals surface area contributed by atoms with E-state index in [4.69, 9.17) is 4.74 Å². The highest BCUT2D eigenvalue weighted by Crippen LogP contribution is 2.47. The fraction of sp³-hybridized carbons (Fsp3) is 0.333. The van der Waals surface area contributed by atoms with E-state index < -0.39 is 22.5 Å². The molecule has 2 aliphatic rings. The van der Waals surface area contributed by atoms with Gasteiger partial charge in [-0.05, 0) is 49.2 Å². The van der Waals surface area contributed by atoms with Gasteiger partial charge in [0.05, 0.1) is 23.4 Å². The Morgan fingerprint density at radius 2 is 1.83 bits per heavy atom. The number of carbonyl (C=O) groups excluding carboxylic acids is 2. The first-order valence-corrected chi connectivity index (χ1v) is 10.5. The number of rotatable bonds is 3. The van der Waals surface area contributed by atoms with Gasteiger partial charge in [-0.1, -0.05) is 0 Å². The molecule has 0 unspecified atom stereocenters. The highest BCUT2D eigenvalue weighted by molar-refractivity contribution is 8.02. The monoisotopic (exact) mass is 433 g/mol. The van der Waals surface area contributed by atoms with Gasteiger partial charge in [-0.3, -0.25) is 9.69 Å². The topological polar surface area (TPSA) is 61.9 Å². The fourth-order valence-electron chi connectivity index (χ4n) is 3.88. The van der Waals surface area contributed by atoms with E-state index in [9.17, 15) is 18.4 Å². The molecule has 2 aromatic rings. The van der Waals surface area contributed by atoms with Crippen LogP contribution in [0, 0.1) is 11.6 Å². The largest absolute Gasteiger partial charge is 0.497 e. The number of nitrogens with one attached hydrogen (secondary N) is 1. The standard InChI is InChI=1S/C21H21F2N3O3S/c1-29-16-5-3-15(4-6-16)26-19(27)13-30-21(26)8-10-25(11-9-21)20(28)24-18-7-2-14(22)12-17(18)23/h2-7,12H,8-11,13H2,1H3,(H,24,28). The van der Waals surface area contributed by atoms with Gasteiger partial charge in [-0.2, -0.15) is 0 Å². The molecule has 158 valence electrons. The number of halogens is 2. The van der Waals surface area contributed by atoms with Crippen LogP contribution in [0.15, 0.2) is 42.5 Å². The normalized spacial score (nSPS) is 18.0. The molecule has 6 nitrogen and oxygen atoms in total. The minimum Gasteiger partial charge on any atom is -0.497 e. The molecule has 2 aliphatic heterocycles. The van der Waals surface area contributed by atoms with Crippen molar-refractivity contribution in [2.45, 2.75) is 17.7 Å². The maximum absolute atomic E-state index is 13.8. The lowest BCUT2D eigenvalue weighted by Gasteiger charge is -2.43. The number of anilines is 2. The zero-order valence-corrected chi connectivity index (χ0v) is 17.2. The summed E-state index contributed by atoms with van der Waals surface area (Å²) in [5, 5.41) is 2.49. The van der Waals surface area contributed by atoms with E-state index in [1.165, 1.54) is 6.07 Å². The highest BCUT2D eigenvalue weighted by atomic mass is 32.2. The summed E-state index contributed by atoms with van der Waals surface area (Å²) in [4.78, 5) is 28.2. The molecule has 2 aromatic carbocycles. The minimum absolute atomic E-state index is 0.0384. The van der Waals surface area contributed by atoms with Crippen molar-refractivity contribution in [3.05, 3.63) is 54.1 Å². The molecule has 0 aromatic heterocycles. The summed E-state index contributed by atoms with van der Waals surface area (Å²) >= 11 is 1.59. The molecule has 4 rings (SSSR count). The quantitative estimate of drug-likeness (QED) is 0.793. The van der Waals surface area contributed by atoms with Crippen molar-refractivity contribution in [3.8, 4) is 5.75 Å². The van der Waals surface area contributed by atoms with E-state index in [1.54, 1.807) is 23.8 Å². The van der Waals surface area contributed by atoms with E-state index >= 15 is 0 Å². The summed E-state index contributed by atoms with van der Waals surface area (Å²) in [6.45, 7) is 0.836. The first-order chi connectivity index (χ1) is 14.4. The van der Waals surface area contributed by atoms with E-state index in [0.717, 1.165) is 17.8 Å². The third-order valence-corrected chi connectivity index (χ3v) is 6.98. The smallest absolute Gasteiger partial charge is 0.321 e. The average molecular weight is 433 g/mol. The molecule has 0 aliphatic carbocycles. The summed E-state index contributed by atoms with van der Waals surface area (Å²) in [5.74, 6) is -0.381. The second-order valence-electron chi connectivity index (χ2n) is 7.20. The summed E-state index contributed by atoms with van der Waals surface area (Å²) in [6, 6.07) is 9.94. The van der Waals surface area contributed by atoms with Crippen molar-refractivity contribution in [2.75, 3.05) is 36.2 Å². The molecule has 1 N–H and O–H groups in total. The first-order valence-electron chi connectivity index (χ1n) is 9.54. The highest BCUT2D eigenvalue weighted by Gasteiger charge is 2.49. The zero-order chi connectivity index (χ0) is 21.3. The van der Waals surface area contributed by atoms with Crippen LogP contribution < -0.4 is 15.0 Å². The van der Waals surface area contributed by atoms with Gasteiger partial charge >= 0.3 is 6.03 Å². The van der Waals surface area contributed by atoms with Crippen molar-refractivity contribution in [3.63, 3.8) is 0 Å². The Morgan fingerprint density at radius 3 is 2.47 bits per heavy atom. The Bertz CT molecular complexity index is 962. The maximum Gasteiger partial charge on any atom is 0.321 e. The fourth-order valence-corrected chi connectivity index (χ4v) is 5.20. The summed E-state index contributed by atoms with van der Waals surface area (Å²) in [7, 11) is 1.59. The third kappa shape index (κ3) is 3.81. The van der Waals surface area contributed by atoms with Crippen molar-refractivity contribution < 1.29 is 23.1 Å². The molecular weight excluding hydrogens is 412 g/mol. The van der Waals surface area contributed by atoms with E-state index in [1.807, 2.05) is 29.2 Å². The lowest BCUT2D eigenvalue weighted by atomic mass is 10.0. The Labute approximate surface area is 177 Å². The molecule has 2 fully saturated rings. The SMILES string of the molecule is COc1ccc(N2C(=O)CSC23CCN(C(=O)Nc2ccc(F)cc2F)CC3)cc1. The van der Waals surface area contributed by atoms with Crippen LogP contribution in [0.4, 0.5) is 25.0 Å². The number of amides is 3. The van der Waals surface area contributed by atoms with Crippen molar-refractivity contribution in [2.24, 2.45) is 0 Å². The van der Waals surface area contributed by atoms with Crippen LogP contribution in [0.1, 0.15) is 12.8 Å². The average Bonchev–Trinajstić information content (AvgIpc) is 3.06. The predicted molar refractivity (Wildman–Crippen MR) is 112 cm³/mol. The number of hydrogen-bond donors (Lipinski definition) is 1. The molecule has 0 saturated carbocycles. The lowest BCUT2D eigenvalue weighted by Crippen LogP contribution is -2.53. The predicted octanol–water partition coefficient (Wildman–Crippen LogP) is 4.08. The van der Waals surface area contributed by atoms with Crippen LogP contribution in [-0.4, -0.2) is 47.7 Å². The molecule has 0 atom stereocenters. The van der Waals surface area contributed by atoms with Gasteiger partial charge in [0.1, 0.15) is 17.4 Å². The minimum atomic E-state index is -0.820. The number of likely N-dealkylation sites (tertiary alicyclic amines) is 1. The van der Waals surface area contributed by atoms with E-state index in [-0.39, 0.29) is 11.6 Å². The molecule has 1 spiro atoms. The number of methoxy groups -OCH3 is 1. The number of carbonyl (C=O) groups is 2. The van der Waals surface area contributed by atoms with E-state index in [2.05, 4.69) is 5.32 Å². The van der Waals surface area contributed by atoms with Crippen LogP contribution in [0.3, 0.4) is 0 Å². The number of benzene rings is 2. The number of hydrogen-bond acceptors (Lipinski definition) is 4. The molecule has 9 heteroatoms. The van der Waals surface area contributed by atoms with Crippen molar-refractivity contribution in [1.82, 2.24) is 4.90 Å².